The molecular weight excluding hydrogens is 569 g/mol. The highest BCUT2D eigenvalue weighted by Gasteiger charge is 2.30. The number of fused-ring (bicyclic) bond motifs is 1. The van der Waals surface area contributed by atoms with E-state index in [4.69, 9.17) is 0 Å². The molecule has 1 aromatic heterocycles. The zero-order valence-corrected chi connectivity index (χ0v) is 23.2. The molecule has 3 aromatic carbocycles. The molecule has 0 saturated carbocycles. The first-order chi connectivity index (χ1) is 20.0. The first-order valence-electron chi connectivity index (χ1n) is 13.2. The Morgan fingerprint density at radius 3 is 2.21 bits per heavy atom. The Labute approximate surface area is 240 Å². The third kappa shape index (κ3) is 6.54. The molecule has 0 bridgehead atoms. The quantitative estimate of drug-likeness (QED) is 0.339. The topological polar surface area (TPSA) is 99.7 Å². The number of nitrogens with one attached hydrogen (secondary N) is 1. The number of para-hydroxylation sites is 1. The van der Waals surface area contributed by atoms with Gasteiger partial charge in [-0.05, 0) is 60.5 Å². The molecule has 1 aliphatic rings. The fourth-order valence-corrected chi connectivity index (χ4v) is 6.07. The molecule has 0 atom stereocenters. The van der Waals surface area contributed by atoms with E-state index in [0.717, 1.165) is 12.1 Å². The van der Waals surface area contributed by atoms with Crippen molar-refractivity contribution in [3.8, 4) is 0 Å². The van der Waals surface area contributed by atoms with Gasteiger partial charge < -0.3 is 9.80 Å². The lowest BCUT2D eigenvalue weighted by Gasteiger charge is -2.22. The summed E-state index contributed by atoms with van der Waals surface area (Å²) in [5.74, 6) is -0.471. The van der Waals surface area contributed by atoms with Crippen LogP contribution < -0.4 is 4.72 Å². The Hall–Kier alpha value is -4.45. The Morgan fingerprint density at radius 1 is 0.833 bits per heavy atom. The molecule has 1 saturated heterocycles. The lowest BCUT2D eigenvalue weighted by Crippen LogP contribution is -2.38. The minimum Gasteiger partial charge on any atom is -0.341 e. The van der Waals surface area contributed by atoms with Gasteiger partial charge in [0.15, 0.2) is 0 Å². The van der Waals surface area contributed by atoms with Crippen LogP contribution >= 0.6 is 0 Å². The van der Waals surface area contributed by atoms with Gasteiger partial charge in [0.2, 0.25) is 5.91 Å². The van der Waals surface area contributed by atoms with Crippen LogP contribution in [0.3, 0.4) is 0 Å². The number of rotatable bonds is 6. The number of anilines is 1. The Kier molecular flexibility index (Phi) is 8.17. The van der Waals surface area contributed by atoms with E-state index in [9.17, 15) is 31.2 Å². The lowest BCUT2D eigenvalue weighted by molar-refractivity contribution is -0.137. The average molecular weight is 597 g/mol. The second-order valence-corrected chi connectivity index (χ2v) is 11.6. The number of sulfonamides is 1. The molecule has 1 N–H and O–H groups in total. The van der Waals surface area contributed by atoms with Crippen molar-refractivity contribution in [2.45, 2.75) is 23.9 Å². The van der Waals surface area contributed by atoms with Crippen molar-refractivity contribution >= 4 is 38.4 Å². The Balaban J connectivity index is 1.19. The van der Waals surface area contributed by atoms with Gasteiger partial charge in [0.05, 0.1) is 17.5 Å². The SMILES string of the molecule is O=C(Cc1ccc(C(F)(F)F)cc1)N1CCCN(C(=O)c2ccc(NS(=O)(=O)c3cccc4cccnc34)cc2)CC1. The smallest absolute Gasteiger partial charge is 0.341 e. The van der Waals surface area contributed by atoms with Crippen molar-refractivity contribution < 1.29 is 31.2 Å². The van der Waals surface area contributed by atoms with Gasteiger partial charge in [-0.25, -0.2) is 8.42 Å². The van der Waals surface area contributed by atoms with Crippen LogP contribution in [0.1, 0.15) is 27.9 Å². The summed E-state index contributed by atoms with van der Waals surface area (Å²) in [5, 5.41) is 0.693. The zero-order valence-electron chi connectivity index (χ0n) is 22.3. The lowest BCUT2D eigenvalue weighted by atomic mass is 10.1. The molecule has 218 valence electrons. The second kappa shape index (κ2) is 11.8. The van der Waals surface area contributed by atoms with Gasteiger partial charge in [0.25, 0.3) is 15.9 Å². The minimum atomic E-state index is -4.44. The summed E-state index contributed by atoms with van der Waals surface area (Å²) in [6.45, 7) is 1.43. The van der Waals surface area contributed by atoms with Crippen LogP contribution in [0.5, 0.6) is 0 Å². The monoisotopic (exact) mass is 596 g/mol. The number of alkyl halides is 3. The number of halogens is 3. The molecular formula is C30H27F3N4O4S. The van der Waals surface area contributed by atoms with Gasteiger partial charge in [0.1, 0.15) is 4.90 Å². The predicted molar refractivity (Wildman–Crippen MR) is 151 cm³/mol. The van der Waals surface area contributed by atoms with Gasteiger partial charge >= 0.3 is 6.18 Å². The van der Waals surface area contributed by atoms with Gasteiger partial charge in [-0.1, -0.05) is 30.3 Å². The maximum atomic E-state index is 13.2. The fourth-order valence-electron chi connectivity index (χ4n) is 4.83. The summed E-state index contributed by atoms with van der Waals surface area (Å²) in [5.41, 5.74) is 0.727. The summed E-state index contributed by atoms with van der Waals surface area (Å²) in [6, 6.07) is 19.0. The number of pyridine rings is 1. The summed E-state index contributed by atoms with van der Waals surface area (Å²) in [4.78, 5) is 33.5. The molecule has 12 heteroatoms. The van der Waals surface area contributed by atoms with Crippen molar-refractivity contribution in [3.05, 3.63) is 102 Å². The van der Waals surface area contributed by atoms with Crippen molar-refractivity contribution in [1.82, 2.24) is 14.8 Å². The van der Waals surface area contributed by atoms with Crippen molar-refractivity contribution in [3.63, 3.8) is 0 Å². The highest BCUT2D eigenvalue weighted by Crippen LogP contribution is 2.29. The molecule has 2 amide bonds. The van der Waals surface area contributed by atoms with E-state index in [1.54, 1.807) is 46.2 Å². The van der Waals surface area contributed by atoms with Crippen LogP contribution in [0.25, 0.3) is 10.9 Å². The largest absolute Gasteiger partial charge is 0.416 e. The molecule has 1 fully saturated rings. The standard InChI is InChI=1S/C30H27F3N4O4S/c31-30(32,33)24-11-7-21(8-12-24)20-27(38)36-16-3-17-37(19-18-36)29(39)23-9-13-25(14-10-23)35-42(40,41)26-6-1-4-22-5-2-15-34-28(22)26/h1-2,4-15,35H,3,16-20H2. The number of aromatic nitrogens is 1. The van der Waals surface area contributed by atoms with E-state index < -0.39 is 21.8 Å². The molecule has 0 unspecified atom stereocenters. The summed E-state index contributed by atoms with van der Waals surface area (Å²) >= 11 is 0. The van der Waals surface area contributed by atoms with Crippen LogP contribution in [0, 0.1) is 0 Å². The number of nitrogens with zero attached hydrogens (tertiary/aromatic N) is 3. The fraction of sp³-hybridized carbons (Fsp3) is 0.233. The molecule has 2 heterocycles. The van der Waals surface area contributed by atoms with E-state index in [1.165, 1.54) is 36.5 Å². The summed E-state index contributed by atoms with van der Waals surface area (Å²) in [7, 11) is -3.94. The zero-order chi connectivity index (χ0) is 29.9. The number of carbonyl (C=O) groups excluding carboxylic acids is 2. The summed E-state index contributed by atoms with van der Waals surface area (Å²) in [6.07, 6.45) is -2.40. The van der Waals surface area contributed by atoms with Crippen LogP contribution in [0.15, 0.2) is 90.0 Å². The van der Waals surface area contributed by atoms with Crippen LogP contribution in [0.4, 0.5) is 18.9 Å². The van der Waals surface area contributed by atoms with Crippen LogP contribution in [0.2, 0.25) is 0 Å². The molecule has 1 aliphatic heterocycles. The molecule has 0 spiro atoms. The normalized spacial score (nSPS) is 14.5. The maximum absolute atomic E-state index is 13.2. The van der Waals surface area contributed by atoms with E-state index in [2.05, 4.69) is 9.71 Å². The maximum Gasteiger partial charge on any atom is 0.416 e. The third-order valence-corrected chi connectivity index (χ3v) is 8.45. The number of amides is 2. The Bertz CT molecular complexity index is 1700. The Morgan fingerprint density at radius 2 is 1.50 bits per heavy atom. The summed E-state index contributed by atoms with van der Waals surface area (Å²) < 4.78 is 67.1. The van der Waals surface area contributed by atoms with E-state index in [-0.39, 0.29) is 28.8 Å². The molecule has 0 aliphatic carbocycles. The minimum absolute atomic E-state index is 0.0295. The van der Waals surface area contributed by atoms with Gasteiger partial charge in [-0.15, -0.1) is 0 Å². The average Bonchev–Trinajstić information content (AvgIpc) is 3.23. The van der Waals surface area contributed by atoms with Crippen molar-refractivity contribution in [2.75, 3.05) is 30.9 Å². The van der Waals surface area contributed by atoms with Gasteiger partial charge in [0, 0.05) is 49.0 Å². The molecule has 8 nitrogen and oxygen atoms in total. The van der Waals surface area contributed by atoms with E-state index >= 15 is 0 Å². The van der Waals surface area contributed by atoms with Crippen molar-refractivity contribution in [1.29, 1.82) is 0 Å². The number of carbonyl (C=O) groups is 2. The first-order valence-corrected chi connectivity index (χ1v) is 14.7. The van der Waals surface area contributed by atoms with E-state index in [0.29, 0.717) is 54.6 Å². The van der Waals surface area contributed by atoms with Gasteiger partial charge in [-0.3, -0.25) is 19.3 Å². The highest BCUT2D eigenvalue weighted by atomic mass is 32.2. The molecule has 4 aromatic rings. The predicted octanol–water partition coefficient (Wildman–Crippen LogP) is 4.97. The van der Waals surface area contributed by atoms with Crippen LogP contribution in [-0.2, 0) is 27.4 Å². The molecule has 0 radical (unpaired) electrons. The number of benzene rings is 3. The van der Waals surface area contributed by atoms with Gasteiger partial charge in [-0.2, -0.15) is 13.2 Å². The molecule has 5 rings (SSSR count). The highest BCUT2D eigenvalue weighted by molar-refractivity contribution is 7.93. The third-order valence-electron chi connectivity index (χ3n) is 7.04. The van der Waals surface area contributed by atoms with Crippen molar-refractivity contribution in [2.24, 2.45) is 0 Å². The number of hydrogen-bond acceptors (Lipinski definition) is 5. The number of hydrogen-bond donors (Lipinski definition) is 1. The second-order valence-electron chi connectivity index (χ2n) is 9.91. The van der Waals surface area contributed by atoms with E-state index in [1.807, 2.05) is 0 Å². The first kappa shape index (κ1) is 29.1. The molecule has 42 heavy (non-hydrogen) atoms. The van der Waals surface area contributed by atoms with Crippen LogP contribution in [-0.4, -0.2) is 61.2 Å².